The molecule has 0 fully saturated rings. The smallest absolute Gasteiger partial charge is 0.0362 e. The fourth-order valence-corrected chi connectivity index (χ4v) is 9.33. The second kappa shape index (κ2) is 13.6. The summed E-state index contributed by atoms with van der Waals surface area (Å²) in [4.78, 5) is 6.31. The molecule has 3 rings (SSSR count). The Kier molecular flexibility index (Phi) is 11.1. The average Bonchev–Trinajstić information content (AvgIpc) is 3.65. The Bertz CT molecular complexity index is 927. The van der Waals surface area contributed by atoms with Gasteiger partial charge in [0.25, 0.3) is 0 Å². The van der Waals surface area contributed by atoms with Crippen molar-refractivity contribution in [2.45, 2.75) is 129 Å². The molecule has 3 heterocycles. The molecule has 3 aromatic rings. The molecule has 0 aliphatic heterocycles. The fourth-order valence-electron chi connectivity index (χ4n) is 5.34. The molecule has 0 aliphatic carbocycles. The van der Waals surface area contributed by atoms with E-state index in [9.17, 15) is 0 Å². The summed E-state index contributed by atoms with van der Waals surface area (Å²) < 4.78 is 0. The third-order valence-corrected chi connectivity index (χ3v) is 12.3. The maximum atomic E-state index is 2.50. The highest BCUT2D eigenvalue weighted by molar-refractivity contribution is 7.14. The summed E-state index contributed by atoms with van der Waals surface area (Å²) in [5.74, 6) is 0. The lowest BCUT2D eigenvalue weighted by Gasteiger charge is -2.30. The van der Waals surface area contributed by atoms with Crippen LogP contribution in [0, 0.1) is 0 Å². The quantitative estimate of drug-likeness (QED) is 0.162. The van der Waals surface area contributed by atoms with E-state index in [0.717, 1.165) is 12.8 Å². The number of aryl methyl sites for hydroxylation is 2. The molecule has 2 unspecified atom stereocenters. The first kappa shape index (κ1) is 28.7. The van der Waals surface area contributed by atoms with Gasteiger partial charge in [-0.25, -0.2) is 0 Å². The summed E-state index contributed by atoms with van der Waals surface area (Å²) in [6, 6.07) is 9.74. The Balaban J connectivity index is 1.87. The summed E-state index contributed by atoms with van der Waals surface area (Å²) >= 11 is 6.06. The fraction of sp³-hybridized carbons (Fsp3) is 0.625. The van der Waals surface area contributed by atoms with Gasteiger partial charge in [0, 0.05) is 30.3 Å². The molecule has 0 amide bonds. The van der Waals surface area contributed by atoms with Gasteiger partial charge in [0.15, 0.2) is 0 Å². The molecule has 3 heteroatoms. The number of unbranched alkanes of at least 4 members (excludes halogenated alkanes) is 6. The maximum absolute atomic E-state index is 2.50. The van der Waals surface area contributed by atoms with Crippen LogP contribution in [0.2, 0.25) is 0 Å². The van der Waals surface area contributed by atoms with Gasteiger partial charge in [0.05, 0.1) is 0 Å². The van der Waals surface area contributed by atoms with Gasteiger partial charge >= 0.3 is 0 Å². The molecule has 0 aliphatic rings. The predicted molar refractivity (Wildman–Crippen MR) is 162 cm³/mol. The van der Waals surface area contributed by atoms with Crippen LogP contribution >= 0.6 is 34.0 Å². The summed E-state index contributed by atoms with van der Waals surface area (Å²) in [5, 5.41) is 4.67. The van der Waals surface area contributed by atoms with Crippen molar-refractivity contribution < 1.29 is 0 Å². The SMILES string of the molecule is CCCCCCc1ccsc1C(C)(CC)c1ccc(C(C)(CC)c2sccc2CCCCCC)s1. The van der Waals surface area contributed by atoms with Gasteiger partial charge < -0.3 is 0 Å². The van der Waals surface area contributed by atoms with Crippen LogP contribution < -0.4 is 0 Å². The van der Waals surface area contributed by atoms with Crippen molar-refractivity contribution in [1.29, 1.82) is 0 Å². The molecular formula is C32H48S3. The highest BCUT2D eigenvalue weighted by atomic mass is 32.1. The molecule has 0 saturated carbocycles. The predicted octanol–water partition coefficient (Wildman–Crippen LogP) is 11.5. The number of hydrogen-bond donors (Lipinski definition) is 0. The molecule has 194 valence electrons. The lowest BCUT2D eigenvalue weighted by atomic mass is 9.80. The molecule has 0 saturated heterocycles. The van der Waals surface area contributed by atoms with Crippen molar-refractivity contribution >= 4 is 34.0 Å². The molecule has 0 radical (unpaired) electrons. The third-order valence-electron chi connectivity index (χ3n) is 8.20. The van der Waals surface area contributed by atoms with Gasteiger partial charge in [-0.05, 0) is 98.5 Å². The Morgan fingerprint density at radius 3 is 1.37 bits per heavy atom. The Morgan fingerprint density at radius 2 is 1.00 bits per heavy atom. The van der Waals surface area contributed by atoms with Crippen molar-refractivity contribution in [2.24, 2.45) is 0 Å². The summed E-state index contributed by atoms with van der Waals surface area (Å²) in [6.45, 7) is 14.4. The number of thiophene rings is 3. The first-order valence-corrected chi connectivity index (χ1v) is 16.8. The molecule has 0 nitrogen and oxygen atoms in total. The van der Waals surface area contributed by atoms with E-state index in [-0.39, 0.29) is 10.8 Å². The van der Waals surface area contributed by atoms with E-state index in [1.165, 1.54) is 64.2 Å². The van der Waals surface area contributed by atoms with Gasteiger partial charge in [-0.1, -0.05) is 66.2 Å². The summed E-state index contributed by atoms with van der Waals surface area (Å²) in [7, 11) is 0. The molecule has 0 aromatic carbocycles. The highest BCUT2D eigenvalue weighted by Crippen LogP contribution is 2.48. The first-order valence-electron chi connectivity index (χ1n) is 14.2. The zero-order valence-corrected chi connectivity index (χ0v) is 25.6. The van der Waals surface area contributed by atoms with E-state index in [2.05, 4.69) is 87.9 Å². The lowest BCUT2D eigenvalue weighted by Crippen LogP contribution is -2.22. The Labute approximate surface area is 228 Å². The molecule has 0 spiro atoms. The normalized spacial score (nSPS) is 15.3. The van der Waals surface area contributed by atoms with Crippen LogP contribution in [0.4, 0.5) is 0 Å². The standard InChI is InChI=1S/C32H48S3/c1-7-11-13-15-17-25-21-23-33-29(25)31(5,9-3)27-19-20-28(35-27)32(6,10-4)30-26(22-24-34-30)18-16-14-12-8-2/h19-24H,7-18H2,1-6H3. The van der Waals surface area contributed by atoms with Crippen LogP contribution in [-0.2, 0) is 23.7 Å². The van der Waals surface area contributed by atoms with E-state index in [1.807, 2.05) is 22.7 Å². The maximum Gasteiger partial charge on any atom is 0.0362 e. The molecular weight excluding hydrogens is 481 g/mol. The van der Waals surface area contributed by atoms with Crippen molar-refractivity contribution in [3.05, 3.63) is 65.7 Å². The monoisotopic (exact) mass is 528 g/mol. The Hall–Kier alpha value is -0.900. The zero-order valence-electron chi connectivity index (χ0n) is 23.2. The number of hydrogen-bond acceptors (Lipinski definition) is 3. The van der Waals surface area contributed by atoms with Gasteiger partial charge in [-0.3, -0.25) is 0 Å². The average molecular weight is 529 g/mol. The minimum Gasteiger partial charge on any atom is -0.148 e. The molecule has 0 bridgehead atoms. The van der Waals surface area contributed by atoms with Gasteiger partial charge in [-0.15, -0.1) is 34.0 Å². The van der Waals surface area contributed by atoms with E-state index < -0.39 is 0 Å². The topological polar surface area (TPSA) is 0 Å². The van der Waals surface area contributed by atoms with E-state index >= 15 is 0 Å². The molecule has 2 atom stereocenters. The van der Waals surface area contributed by atoms with Crippen LogP contribution in [0.3, 0.4) is 0 Å². The van der Waals surface area contributed by atoms with Crippen LogP contribution in [0.15, 0.2) is 35.0 Å². The van der Waals surface area contributed by atoms with E-state index in [4.69, 9.17) is 0 Å². The molecule has 35 heavy (non-hydrogen) atoms. The highest BCUT2D eigenvalue weighted by Gasteiger charge is 2.36. The summed E-state index contributed by atoms with van der Waals surface area (Å²) in [6.07, 6.45) is 15.5. The zero-order chi connectivity index (χ0) is 25.3. The lowest BCUT2D eigenvalue weighted by molar-refractivity contribution is 0.561. The van der Waals surface area contributed by atoms with Gasteiger partial charge in [0.1, 0.15) is 0 Å². The summed E-state index contributed by atoms with van der Waals surface area (Å²) in [5.41, 5.74) is 3.42. The van der Waals surface area contributed by atoms with Crippen molar-refractivity contribution in [2.75, 3.05) is 0 Å². The van der Waals surface area contributed by atoms with Gasteiger partial charge in [-0.2, -0.15) is 0 Å². The van der Waals surface area contributed by atoms with Crippen LogP contribution in [-0.4, -0.2) is 0 Å². The van der Waals surface area contributed by atoms with E-state index in [1.54, 1.807) is 30.6 Å². The van der Waals surface area contributed by atoms with Crippen LogP contribution in [0.25, 0.3) is 0 Å². The minimum atomic E-state index is 0.115. The van der Waals surface area contributed by atoms with Crippen molar-refractivity contribution in [3.63, 3.8) is 0 Å². The minimum absolute atomic E-state index is 0.115. The van der Waals surface area contributed by atoms with Crippen LogP contribution in [0.5, 0.6) is 0 Å². The van der Waals surface area contributed by atoms with Crippen LogP contribution in [0.1, 0.15) is 136 Å². The van der Waals surface area contributed by atoms with Crippen molar-refractivity contribution in [3.8, 4) is 0 Å². The largest absolute Gasteiger partial charge is 0.148 e. The second-order valence-electron chi connectivity index (χ2n) is 10.7. The third kappa shape index (κ3) is 6.51. The first-order chi connectivity index (χ1) is 16.9. The molecule has 0 N–H and O–H groups in total. The van der Waals surface area contributed by atoms with Crippen molar-refractivity contribution in [1.82, 2.24) is 0 Å². The van der Waals surface area contributed by atoms with Gasteiger partial charge in [0.2, 0.25) is 0 Å². The molecule has 3 aromatic heterocycles. The van der Waals surface area contributed by atoms with E-state index in [0.29, 0.717) is 0 Å². The number of rotatable bonds is 16. The second-order valence-corrected chi connectivity index (χ2v) is 13.6. The Morgan fingerprint density at radius 1 is 0.571 bits per heavy atom.